The Hall–Kier alpha value is -1.43. The third-order valence-electron chi connectivity index (χ3n) is 2.68. The van der Waals surface area contributed by atoms with Crippen LogP contribution in [0.5, 0.6) is 11.5 Å². The van der Waals surface area contributed by atoms with Gasteiger partial charge in [-0.25, -0.2) is 0 Å². The zero-order valence-corrected chi connectivity index (χ0v) is 14.7. The Bertz CT molecular complexity index is 708. The van der Waals surface area contributed by atoms with Gasteiger partial charge in [0.2, 0.25) is 0 Å². The third kappa shape index (κ3) is 4.29. The first-order valence-electron chi connectivity index (χ1n) is 6.40. The number of rotatable bonds is 5. The molecule has 2 rings (SSSR count). The lowest BCUT2D eigenvalue weighted by molar-refractivity contribution is 0.317. The summed E-state index contributed by atoms with van der Waals surface area (Å²) >= 11 is 15.1. The maximum absolute atomic E-state index is 9.85. The molecule has 0 spiro atoms. The molecule has 0 amide bonds. The van der Waals surface area contributed by atoms with Crippen LogP contribution in [0.15, 0.2) is 39.9 Å². The molecule has 0 aliphatic heterocycles. The Morgan fingerprint density at radius 3 is 2.73 bits per heavy atom. The molecule has 0 bridgehead atoms. The first kappa shape index (κ1) is 16.9. The number of benzene rings is 2. The largest absolute Gasteiger partial charge is 0.503 e. The first-order valence-corrected chi connectivity index (χ1v) is 7.95. The van der Waals surface area contributed by atoms with Gasteiger partial charge in [-0.05, 0) is 58.7 Å². The number of nitrogens with one attached hydrogen (secondary N) is 1. The van der Waals surface area contributed by atoms with Crippen molar-refractivity contribution in [2.24, 2.45) is 5.10 Å². The van der Waals surface area contributed by atoms with E-state index < -0.39 is 0 Å². The Morgan fingerprint density at radius 1 is 1.27 bits per heavy atom. The molecule has 4 nitrogen and oxygen atoms in total. The molecule has 0 fully saturated rings. The molecular weight excluding hydrogens is 391 g/mol. The van der Waals surface area contributed by atoms with E-state index in [4.69, 9.17) is 27.9 Å². The molecule has 0 aliphatic carbocycles. The van der Waals surface area contributed by atoms with Gasteiger partial charge in [0.15, 0.2) is 11.5 Å². The second kappa shape index (κ2) is 7.72. The molecule has 0 aliphatic rings. The lowest BCUT2D eigenvalue weighted by Gasteiger charge is -2.08. The van der Waals surface area contributed by atoms with Crippen LogP contribution < -0.4 is 10.2 Å². The molecule has 116 valence electrons. The van der Waals surface area contributed by atoms with Gasteiger partial charge in [-0.2, -0.15) is 5.10 Å². The lowest BCUT2D eigenvalue weighted by atomic mass is 10.2. The fourth-order valence-electron chi connectivity index (χ4n) is 1.68. The number of phenolic OH excluding ortho intramolecular Hbond substituents is 1. The van der Waals surface area contributed by atoms with E-state index >= 15 is 0 Å². The molecule has 0 saturated heterocycles. The zero-order valence-electron chi connectivity index (χ0n) is 11.6. The van der Waals surface area contributed by atoms with Crippen LogP contribution in [0.3, 0.4) is 0 Å². The van der Waals surface area contributed by atoms with Crippen molar-refractivity contribution < 1.29 is 9.84 Å². The predicted octanol–water partition coefficient (Wildman–Crippen LogP) is 5.31. The Balaban J connectivity index is 2.14. The average molecular weight is 404 g/mol. The summed E-state index contributed by atoms with van der Waals surface area (Å²) in [6.45, 7) is 2.31. The fraction of sp³-hybridized carbons (Fsp3) is 0.133. The van der Waals surface area contributed by atoms with Gasteiger partial charge in [-0.1, -0.05) is 23.2 Å². The number of ether oxygens (including phenoxy) is 1. The Kier molecular flexibility index (Phi) is 5.94. The highest BCUT2D eigenvalue weighted by Crippen LogP contribution is 2.35. The predicted molar refractivity (Wildman–Crippen MR) is 94.7 cm³/mol. The van der Waals surface area contributed by atoms with Crippen LogP contribution in [0.4, 0.5) is 5.69 Å². The van der Waals surface area contributed by atoms with E-state index in [1.807, 2.05) is 6.92 Å². The van der Waals surface area contributed by atoms with Crippen LogP contribution in [0.25, 0.3) is 0 Å². The first-order chi connectivity index (χ1) is 10.5. The molecule has 0 saturated carbocycles. The van der Waals surface area contributed by atoms with Gasteiger partial charge in [0.05, 0.1) is 33.0 Å². The van der Waals surface area contributed by atoms with Crippen LogP contribution in [-0.4, -0.2) is 17.9 Å². The van der Waals surface area contributed by atoms with Crippen molar-refractivity contribution in [1.82, 2.24) is 0 Å². The number of phenols is 1. The van der Waals surface area contributed by atoms with E-state index in [2.05, 4.69) is 26.5 Å². The van der Waals surface area contributed by atoms with E-state index in [-0.39, 0.29) is 5.75 Å². The topological polar surface area (TPSA) is 53.8 Å². The summed E-state index contributed by atoms with van der Waals surface area (Å²) in [5, 5.41) is 14.9. The summed E-state index contributed by atoms with van der Waals surface area (Å²) in [6.07, 6.45) is 1.61. The number of hydrazone groups is 1. The normalized spacial score (nSPS) is 10.9. The van der Waals surface area contributed by atoms with Gasteiger partial charge in [0, 0.05) is 0 Å². The van der Waals surface area contributed by atoms with Gasteiger partial charge in [0.1, 0.15) is 0 Å². The minimum absolute atomic E-state index is 0.0662. The molecule has 0 atom stereocenters. The summed E-state index contributed by atoms with van der Waals surface area (Å²) in [4.78, 5) is 0. The molecule has 0 aromatic heterocycles. The Labute approximate surface area is 146 Å². The third-order valence-corrected chi connectivity index (χ3v) is 4.02. The second-order valence-electron chi connectivity index (χ2n) is 4.28. The van der Waals surface area contributed by atoms with Crippen molar-refractivity contribution in [3.8, 4) is 11.5 Å². The lowest BCUT2D eigenvalue weighted by Crippen LogP contribution is -1.95. The van der Waals surface area contributed by atoms with Gasteiger partial charge in [-0.15, -0.1) is 0 Å². The smallest absolute Gasteiger partial charge is 0.172 e. The van der Waals surface area contributed by atoms with Gasteiger partial charge in [-0.3, -0.25) is 5.43 Å². The fourth-order valence-corrected chi connectivity index (χ4v) is 2.44. The highest BCUT2D eigenvalue weighted by molar-refractivity contribution is 9.10. The van der Waals surface area contributed by atoms with Gasteiger partial charge in [0.25, 0.3) is 0 Å². The summed E-state index contributed by atoms with van der Waals surface area (Å²) in [5.41, 5.74) is 4.34. The highest BCUT2D eigenvalue weighted by atomic mass is 79.9. The minimum Gasteiger partial charge on any atom is -0.503 e. The molecule has 2 aromatic carbocycles. The van der Waals surface area contributed by atoms with E-state index in [0.29, 0.717) is 32.6 Å². The number of aromatic hydroxyl groups is 1. The molecule has 22 heavy (non-hydrogen) atoms. The van der Waals surface area contributed by atoms with E-state index in [1.54, 1.807) is 36.5 Å². The summed E-state index contributed by atoms with van der Waals surface area (Å²) in [5.74, 6) is 0.462. The average Bonchev–Trinajstić information content (AvgIpc) is 2.48. The van der Waals surface area contributed by atoms with E-state index in [0.717, 1.165) is 5.56 Å². The highest BCUT2D eigenvalue weighted by Gasteiger charge is 2.08. The number of anilines is 1. The van der Waals surface area contributed by atoms with Crippen molar-refractivity contribution in [1.29, 1.82) is 0 Å². The molecule has 2 aromatic rings. The zero-order chi connectivity index (χ0) is 16.1. The van der Waals surface area contributed by atoms with Crippen LogP contribution in [0.1, 0.15) is 12.5 Å². The van der Waals surface area contributed by atoms with Crippen LogP contribution in [0.2, 0.25) is 10.0 Å². The van der Waals surface area contributed by atoms with E-state index in [1.165, 1.54) is 0 Å². The van der Waals surface area contributed by atoms with Crippen LogP contribution in [-0.2, 0) is 0 Å². The van der Waals surface area contributed by atoms with Gasteiger partial charge >= 0.3 is 0 Å². The van der Waals surface area contributed by atoms with Crippen molar-refractivity contribution in [2.75, 3.05) is 12.0 Å². The molecular formula is C15H13BrCl2N2O2. The van der Waals surface area contributed by atoms with Crippen molar-refractivity contribution in [2.45, 2.75) is 6.92 Å². The van der Waals surface area contributed by atoms with Crippen molar-refractivity contribution in [3.63, 3.8) is 0 Å². The quantitative estimate of drug-likeness (QED) is 0.525. The maximum Gasteiger partial charge on any atom is 0.172 e. The summed E-state index contributed by atoms with van der Waals surface area (Å²) in [7, 11) is 0. The summed E-state index contributed by atoms with van der Waals surface area (Å²) in [6, 6.07) is 8.57. The van der Waals surface area contributed by atoms with E-state index in [9.17, 15) is 5.11 Å². The van der Waals surface area contributed by atoms with Crippen LogP contribution in [0, 0.1) is 0 Å². The monoisotopic (exact) mass is 402 g/mol. The molecule has 0 heterocycles. The minimum atomic E-state index is 0.0662. The summed E-state index contributed by atoms with van der Waals surface area (Å²) < 4.78 is 5.89. The Morgan fingerprint density at radius 2 is 2.05 bits per heavy atom. The number of hydrogen-bond donors (Lipinski definition) is 2. The van der Waals surface area contributed by atoms with Crippen LogP contribution >= 0.6 is 39.1 Å². The van der Waals surface area contributed by atoms with Crippen molar-refractivity contribution in [3.05, 3.63) is 50.4 Å². The molecule has 2 N–H and O–H groups in total. The molecule has 0 radical (unpaired) electrons. The van der Waals surface area contributed by atoms with Crippen molar-refractivity contribution >= 4 is 51.0 Å². The molecule has 7 heteroatoms. The SMILES string of the molecule is CCOc1cc(C=NNc2ccc(Cl)c(Cl)c2)cc(Br)c1O. The number of hydrogen-bond acceptors (Lipinski definition) is 4. The maximum atomic E-state index is 9.85. The standard InChI is InChI=1S/C15H13BrCl2N2O2/c1-2-22-14-6-9(5-11(16)15(14)21)8-19-20-10-3-4-12(17)13(18)7-10/h3-8,20-21H,2H2,1H3. The molecule has 0 unspecified atom stereocenters. The second-order valence-corrected chi connectivity index (χ2v) is 5.95. The number of halogens is 3. The number of nitrogens with zero attached hydrogens (tertiary/aromatic N) is 1. The van der Waals surface area contributed by atoms with Gasteiger partial charge < -0.3 is 9.84 Å².